The predicted octanol–water partition coefficient (Wildman–Crippen LogP) is 1.70. The van der Waals surface area contributed by atoms with Crippen molar-refractivity contribution >= 4 is 18.2 Å². The monoisotopic (exact) mass is 289 g/mol. The summed E-state index contributed by atoms with van der Waals surface area (Å²) in [6.45, 7) is 1.81. The minimum atomic E-state index is -0.460. The molecule has 0 unspecified atom stereocenters. The largest absolute Gasteiger partial charge is 0.460 e. The standard InChI is InChI=1S/C16H19NO4/c1-12(19)21-15-10-16(20)17(14(15)8-5-9-18)11-13-6-3-2-4-7-13/h2-4,6-7,9,14-15H,5,8,10-11H2,1H3/t14-,15-/m0/s1. The fourth-order valence-electron chi connectivity index (χ4n) is 2.71. The number of benzene rings is 1. The molecule has 0 N–H and O–H groups in total. The van der Waals surface area contributed by atoms with Crippen molar-refractivity contribution < 1.29 is 19.1 Å². The second kappa shape index (κ2) is 7.02. The molecule has 1 aliphatic rings. The Morgan fingerprint density at radius 2 is 2.10 bits per heavy atom. The highest BCUT2D eigenvalue weighted by molar-refractivity contribution is 5.80. The zero-order chi connectivity index (χ0) is 15.2. The highest BCUT2D eigenvalue weighted by Crippen LogP contribution is 2.27. The number of rotatable bonds is 6. The molecular formula is C16H19NO4. The van der Waals surface area contributed by atoms with E-state index >= 15 is 0 Å². The normalized spacial score (nSPS) is 21.4. The fraction of sp³-hybridized carbons (Fsp3) is 0.438. The summed E-state index contributed by atoms with van der Waals surface area (Å²) in [6.07, 6.45) is 1.42. The van der Waals surface area contributed by atoms with Crippen LogP contribution >= 0.6 is 0 Å². The SMILES string of the molecule is CC(=O)O[C@H]1CC(=O)N(Cc2ccccc2)[C@H]1CCC=O. The average Bonchev–Trinajstić information content (AvgIpc) is 2.73. The highest BCUT2D eigenvalue weighted by Gasteiger charge is 2.41. The van der Waals surface area contributed by atoms with Crippen LogP contribution in [0, 0.1) is 0 Å². The van der Waals surface area contributed by atoms with E-state index in [0.717, 1.165) is 11.8 Å². The zero-order valence-corrected chi connectivity index (χ0v) is 12.0. The number of ether oxygens (including phenoxy) is 1. The Bertz CT molecular complexity index is 514. The lowest BCUT2D eigenvalue weighted by Crippen LogP contribution is -2.38. The van der Waals surface area contributed by atoms with E-state index in [2.05, 4.69) is 0 Å². The van der Waals surface area contributed by atoms with Gasteiger partial charge >= 0.3 is 5.97 Å². The van der Waals surface area contributed by atoms with Gasteiger partial charge in [-0.1, -0.05) is 30.3 Å². The molecule has 5 heteroatoms. The van der Waals surface area contributed by atoms with Crippen molar-refractivity contribution in [2.75, 3.05) is 0 Å². The Labute approximate surface area is 123 Å². The van der Waals surface area contributed by atoms with Crippen molar-refractivity contribution in [2.45, 2.75) is 44.9 Å². The predicted molar refractivity (Wildman–Crippen MR) is 76.2 cm³/mol. The minimum Gasteiger partial charge on any atom is -0.460 e. The fourth-order valence-corrected chi connectivity index (χ4v) is 2.71. The van der Waals surface area contributed by atoms with Crippen LogP contribution < -0.4 is 0 Å². The maximum atomic E-state index is 12.2. The summed E-state index contributed by atoms with van der Waals surface area (Å²) in [6, 6.07) is 9.42. The third-order valence-corrected chi connectivity index (χ3v) is 3.62. The van der Waals surface area contributed by atoms with Gasteiger partial charge in [0.2, 0.25) is 5.91 Å². The van der Waals surface area contributed by atoms with Crippen molar-refractivity contribution in [3.63, 3.8) is 0 Å². The molecule has 1 heterocycles. The Balaban J connectivity index is 2.13. The summed E-state index contributed by atoms with van der Waals surface area (Å²) in [5, 5.41) is 0. The first-order chi connectivity index (χ1) is 10.1. The van der Waals surface area contributed by atoms with Gasteiger partial charge in [0, 0.05) is 19.9 Å². The van der Waals surface area contributed by atoms with Gasteiger partial charge in [-0.25, -0.2) is 0 Å². The molecular weight excluding hydrogens is 270 g/mol. The minimum absolute atomic E-state index is 0.0407. The van der Waals surface area contributed by atoms with E-state index in [9.17, 15) is 14.4 Å². The van der Waals surface area contributed by atoms with Crippen molar-refractivity contribution in [1.29, 1.82) is 0 Å². The summed E-state index contributed by atoms with van der Waals surface area (Å²) < 4.78 is 5.24. The van der Waals surface area contributed by atoms with Crippen LogP contribution in [0.4, 0.5) is 0 Å². The van der Waals surface area contributed by atoms with Crippen LogP contribution in [0.5, 0.6) is 0 Å². The topological polar surface area (TPSA) is 63.7 Å². The summed E-state index contributed by atoms with van der Waals surface area (Å²) in [7, 11) is 0. The van der Waals surface area contributed by atoms with Gasteiger partial charge in [-0.3, -0.25) is 9.59 Å². The molecule has 0 bridgehead atoms. The smallest absolute Gasteiger partial charge is 0.302 e. The molecule has 1 aliphatic heterocycles. The molecule has 5 nitrogen and oxygen atoms in total. The second-order valence-electron chi connectivity index (χ2n) is 5.17. The van der Waals surface area contributed by atoms with Crippen molar-refractivity contribution in [3.8, 4) is 0 Å². The van der Waals surface area contributed by atoms with E-state index in [1.165, 1.54) is 6.92 Å². The molecule has 2 atom stereocenters. The summed E-state index contributed by atoms with van der Waals surface area (Å²) in [5.41, 5.74) is 1.02. The number of carbonyl (C=O) groups excluding carboxylic acids is 3. The van der Waals surface area contributed by atoms with Crippen LogP contribution in [-0.2, 0) is 25.7 Å². The van der Waals surface area contributed by atoms with Gasteiger partial charge in [0.25, 0.3) is 0 Å². The van der Waals surface area contributed by atoms with Crippen LogP contribution in [0.15, 0.2) is 30.3 Å². The van der Waals surface area contributed by atoms with Gasteiger partial charge < -0.3 is 14.4 Å². The van der Waals surface area contributed by atoms with E-state index in [1.54, 1.807) is 4.90 Å². The van der Waals surface area contributed by atoms with Gasteiger partial charge in [0.05, 0.1) is 12.5 Å². The van der Waals surface area contributed by atoms with Crippen LogP contribution in [0.25, 0.3) is 0 Å². The van der Waals surface area contributed by atoms with Crippen LogP contribution in [0.3, 0.4) is 0 Å². The molecule has 2 rings (SSSR count). The Morgan fingerprint density at radius 3 is 2.71 bits per heavy atom. The Hall–Kier alpha value is -2.17. The molecule has 21 heavy (non-hydrogen) atoms. The molecule has 1 amide bonds. The number of amides is 1. The number of nitrogens with zero attached hydrogens (tertiary/aromatic N) is 1. The third-order valence-electron chi connectivity index (χ3n) is 3.62. The van der Waals surface area contributed by atoms with Crippen LogP contribution in [-0.4, -0.2) is 35.2 Å². The van der Waals surface area contributed by atoms with Gasteiger partial charge in [0.15, 0.2) is 0 Å². The molecule has 0 spiro atoms. The van der Waals surface area contributed by atoms with Crippen molar-refractivity contribution in [3.05, 3.63) is 35.9 Å². The second-order valence-corrected chi connectivity index (χ2v) is 5.17. The molecule has 0 saturated carbocycles. The molecule has 0 radical (unpaired) electrons. The molecule has 0 aromatic heterocycles. The number of aldehydes is 1. The quantitative estimate of drug-likeness (QED) is 0.590. The Kier molecular flexibility index (Phi) is 5.09. The lowest BCUT2D eigenvalue weighted by Gasteiger charge is -2.27. The van der Waals surface area contributed by atoms with Gasteiger partial charge in [-0.2, -0.15) is 0 Å². The highest BCUT2D eigenvalue weighted by atomic mass is 16.5. The first-order valence-corrected chi connectivity index (χ1v) is 7.06. The first-order valence-electron chi connectivity index (χ1n) is 7.06. The Morgan fingerprint density at radius 1 is 1.38 bits per heavy atom. The molecule has 1 saturated heterocycles. The van der Waals surface area contributed by atoms with E-state index < -0.39 is 12.1 Å². The number of carbonyl (C=O) groups is 3. The lowest BCUT2D eigenvalue weighted by molar-refractivity contribution is -0.147. The number of esters is 1. The van der Waals surface area contributed by atoms with E-state index in [0.29, 0.717) is 19.4 Å². The van der Waals surface area contributed by atoms with Crippen molar-refractivity contribution in [2.24, 2.45) is 0 Å². The summed E-state index contributed by atoms with van der Waals surface area (Å²) in [5.74, 6) is -0.438. The number of likely N-dealkylation sites (tertiary alicyclic amines) is 1. The maximum Gasteiger partial charge on any atom is 0.302 e. The molecule has 0 aliphatic carbocycles. The first kappa shape index (κ1) is 15.2. The van der Waals surface area contributed by atoms with E-state index in [1.807, 2.05) is 30.3 Å². The third kappa shape index (κ3) is 3.90. The zero-order valence-electron chi connectivity index (χ0n) is 12.0. The van der Waals surface area contributed by atoms with E-state index in [4.69, 9.17) is 4.74 Å². The summed E-state index contributed by atoms with van der Waals surface area (Å²) >= 11 is 0. The van der Waals surface area contributed by atoms with Crippen molar-refractivity contribution in [1.82, 2.24) is 4.90 Å². The van der Waals surface area contributed by atoms with Crippen LogP contribution in [0.2, 0.25) is 0 Å². The molecule has 112 valence electrons. The maximum absolute atomic E-state index is 12.2. The average molecular weight is 289 g/mol. The molecule has 1 aromatic carbocycles. The summed E-state index contributed by atoms with van der Waals surface area (Å²) in [4.78, 5) is 35.7. The van der Waals surface area contributed by atoms with Gasteiger partial charge in [-0.05, 0) is 12.0 Å². The number of hydrogen-bond acceptors (Lipinski definition) is 4. The van der Waals surface area contributed by atoms with Crippen LogP contribution in [0.1, 0.15) is 31.7 Å². The molecule has 1 aromatic rings. The lowest BCUT2D eigenvalue weighted by atomic mass is 10.1. The van der Waals surface area contributed by atoms with E-state index in [-0.39, 0.29) is 18.4 Å². The molecule has 1 fully saturated rings. The van der Waals surface area contributed by atoms with Gasteiger partial charge in [-0.15, -0.1) is 0 Å². The van der Waals surface area contributed by atoms with Gasteiger partial charge in [0.1, 0.15) is 12.4 Å². The number of hydrogen-bond donors (Lipinski definition) is 0.